The number of carbonyl (C=O) groups excluding carboxylic acids is 1. The number of rotatable bonds is 5. The predicted molar refractivity (Wildman–Crippen MR) is 114 cm³/mol. The summed E-state index contributed by atoms with van der Waals surface area (Å²) in [6, 6.07) is 6.79. The molecule has 0 radical (unpaired) electrons. The Balaban J connectivity index is 1.20. The lowest BCUT2D eigenvalue weighted by Gasteiger charge is -2.39. The highest BCUT2D eigenvalue weighted by atomic mass is 19.1. The molecule has 3 saturated heterocycles. The van der Waals surface area contributed by atoms with E-state index in [2.05, 4.69) is 24.1 Å². The number of halogens is 1. The number of amides is 1. The maximum absolute atomic E-state index is 13.1. The molecule has 1 aromatic rings. The predicted octanol–water partition coefficient (Wildman–Crippen LogP) is 3.66. The van der Waals surface area contributed by atoms with Crippen LogP contribution in [-0.2, 0) is 20.8 Å². The standard InChI is InChI=1S/C24H35FN2O3/c1-23(2)15-19(8-14-29-23)22(28)26-16-21-7-9-24(30-21)10-12-27(13-11-24)17-18-3-5-20(25)6-4-18/h3-6,19,21H,7-17H2,1-2H3,(H,26,28)/t19-,21+/m0/s1. The lowest BCUT2D eigenvalue weighted by Crippen LogP contribution is -2.46. The lowest BCUT2D eigenvalue weighted by atomic mass is 9.87. The van der Waals surface area contributed by atoms with Gasteiger partial charge in [0, 0.05) is 38.7 Å². The van der Waals surface area contributed by atoms with Crippen LogP contribution in [0.4, 0.5) is 4.39 Å². The molecule has 0 saturated carbocycles. The van der Waals surface area contributed by atoms with Crippen molar-refractivity contribution < 1.29 is 18.7 Å². The molecule has 3 aliphatic heterocycles. The first-order valence-electron chi connectivity index (χ1n) is 11.4. The fourth-order valence-corrected chi connectivity index (χ4v) is 5.19. The third-order valence-electron chi connectivity index (χ3n) is 7.00. The summed E-state index contributed by atoms with van der Waals surface area (Å²) in [4.78, 5) is 15.0. The fraction of sp³-hybridized carbons (Fsp3) is 0.708. The quantitative estimate of drug-likeness (QED) is 0.793. The minimum Gasteiger partial charge on any atom is -0.376 e. The van der Waals surface area contributed by atoms with Crippen LogP contribution in [0.2, 0.25) is 0 Å². The molecule has 1 spiro atoms. The minimum absolute atomic E-state index is 0.0324. The van der Waals surface area contributed by atoms with Crippen LogP contribution in [0.3, 0.4) is 0 Å². The molecule has 4 rings (SSSR count). The number of hydrogen-bond acceptors (Lipinski definition) is 4. The smallest absolute Gasteiger partial charge is 0.223 e. The molecule has 0 aliphatic carbocycles. The molecule has 1 aromatic carbocycles. The number of hydrogen-bond donors (Lipinski definition) is 1. The van der Waals surface area contributed by atoms with Gasteiger partial charge in [-0.1, -0.05) is 12.1 Å². The largest absolute Gasteiger partial charge is 0.376 e. The molecule has 30 heavy (non-hydrogen) atoms. The second kappa shape index (κ2) is 8.93. The second-order valence-electron chi connectivity index (χ2n) is 9.91. The third kappa shape index (κ3) is 5.40. The van der Waals surface area contributed by atoms with Crippen LogP contribution in [0, 0.1) is 11.7 Å². The monoisotopic (exact) mass is 418 g/mol. The van der Waals surface area contributed by atoms with Gasteiger partial charge in [0.25, 0.3) is 0 Å². The van der Waals surface area contributed by atoms with Gasteiger partial charge in [-0.15, -0.1) is 0 Å². The van der Waals surface area contributed by atoms with E-state index in [9.17, 15) is 9.18 Å². The number of carbonyl (C=O) groups is 1. The zero-order chi connectivity index (χ0) is 21.2. The highest BCUT2D eigenvalue weighted by Gasteiger charge is 2.42. The van der Waals surface area contributed by atoms with Gasteiger partial charge in [0.1, 0.15) is 5.82 Å². The van der Waals surface area contributed by atoms with Crippen LogP contribution in [0.1, 0.15) is 57.9 Å². The van der Waals surface area contributed by atoms with Crippen molar-refractivity contribution in [3.05, 3.63) is 35.6 Å². The van der Waals surface area contributed by atoms with Gasteiger partial charge in [0.15, 0.2) is 0 Å². The Morgan fingerprint density at radius 2 is 1.90 bits per heavy atom. The zero-order valence-corrected chi connectivity index (χ0v) is 18.3. The Kier molecular flexibility index (Phi) is 6.47. The molecule has 0 unspecified atom stereocenters. The molecule has 2 atom stereocenters. The molecule has 5 nitrogen and oxygen atoms in total. The van der Waals surface area contributed by atoms with E-state index in [4.69, 9.17) is 9.47 Å². The molecule has 0 bridgehead atoms. The Hall–Kier alpha value is -1.50. The fourth-order valence-electron chi connectivity index (χ4n) is 5.19. The van der Waals surface area contributed by atoms with Crippen molar-refractivity contribution in [1.82, 2.24) is 10.2 Å². The number of nitrogens with zero attached hydrogens (tertiary/aromatic N) is 1. The van der Waals surface area contributed by atoms with Crippen molar-refractivity contribution in [2.75, 3.05) is 26.2 Å². The molecule has 3 fully saturated rings. The maximum Gasteiger partial charge on any atom is 0.223 e. The maximum atomic E-state index is 13.1. The van der Waals surface area contributed by atoms with Crippen molar-refractivity contribution >= 4 is 5.91 Å². The third-order valence-corrected chi connectivity index (χ3v) is 7.00. The molecule has 6 heteroatoms. The van der Waals surface area contributed by atoms with E-state index in [1.165, 1.54) is 12.1 Å². The number of piperidine rings is 1. The highest BCUT2D eigenvalue weighted by Crippen LogP contribution is 2.39. The van der Waals surface area contributed by atoms with Gasteiger partial charge in [-0.25, -0.2) is 4.39 Å². The van der Waals surface area contributed by atoms with E-state index < -0.39 is 0 Å². The molecule has 1 N–H and O–H groups in total. The van der Waals surface area contributed by atoms with Gasteiger partial charge in [-0.05, 0) is 70.1 Å². The summed E-state index contributed by atoms with van der Waals surface area (Å²) < 4.78 is 25.3. The van der Waals surface area contributed by atoms with Crippen LogP contribution in [0.25, 0.3) is 0 Å². The van der Waals surface area contributed by atoms with E-state index in [-0.39, 0.29) is 34.9 Å². The van der Waals surface area contributed by atoms with Crippen molar-refractivity contribution in [3.8, 4) is 0 Å². The summed E-state index contributed by atoms with van der Waals surface area (Å²) in [5.74, 6) is -0.00164. The summed E-state index contributed by atoms with van der Waals surface area (Å²) >= 11 is 0. The molecular formula is C24H35FN2O3. The minimum atomic E-state index is -0.212. The number of ether oxygens (including phenoxy) is 2. The Morgan fingerprint density at radius 3 is 2.60 bits per heavy atom. The van der Waals surface area contributed by atoms with Crippen LogP contribution in [-0.4, -0.2) is 54.4 Å². The average molecular weight is 419 g/mol. The Labute approximate surface area is 179 Å². The summed E-state index contributed by atoms with van der Waals surface area (Å²) in [5.41, 5.74) is 0.905. The Bertz CT molecular complexity index is 728. The molecular weight excluding hydrogens is 383 g/mol. The number of benzene rings is 1. The number of nitrogens with one attached hydrogen (secondary N) is 1. The van der Waals surface area contributed by atoms with Gasteiger partial charge in [-0.3, -0.25) is 9.69 Å². The molecule has 166 valence electrons. The van der Waals surface area contributed by atoms with Gasteiger partial charge in [0.2, 0.25) is 5.91 Å². The van der Waals surface area contributed by atoms with Gasteiger partial charge in [-0.2, -0.15) is 0 Å². The second-order valence-corrected chi connectivity index (χ2v) is 9.91. The first-order chi connectivity index (χ1) is 14.3. The SMILES string of the molecule is CC1(C)C[C@@H](C(=O)NC[C@H]2CCC3(CCN(Cc4ccc(F)cc4)CC3)O2)CCO1. The normalized spacial score (nSPS) is 28.5. The highest BCUT2D eigenvalue weighted by molar-refractivity contribution is 5.78. The van der Waals surface area contributed by atoms with Gasteiger partial charge >= 0.3 is 0 Å². The lowest BCUT2D eigenvalue weighted by molar-refractivity contribution is -0.136. The summed E-state index contributed by atoms with van der Waals surface area (Å²) in [7, 11) is 0. The van der Waals surface area contributed by atoms with E-state index in [0.29, 0.717) is 13.2 Å². The van der Waals surface area contributed by atoms with E-state index >= 15 is 0 Å². The van der Waals surface area contributed by atoms with Crippen LogP contribution in [0.5, 0.6) is 0 Å². The van der Waals surface area contributed by atoms with E-state index in [0.717, 1.165) is 63.7 Å². The molecule has 3 heterocycles. The molecule has 3 aliphatic rings. The first-order valence-corrected chi connectivity index (χ1v) is 11.4. The summed E-state index contributed by atoms with van der Waals surface area (Å²) in [5, 5.41) is 3.14. The van der Waals surface area contributed by atoms with Crippen molar-refractivity contribution in [3.63, 3.8) is 0 Å². The molecule has 1 amide bonds. The van der Waals surface area contributed by atoms with Crippen molar-refractivity contribution in [1.29, 1.82) is 0 Å². The van der Waals surface area contributed by atoms with E-state index in [1.54, 1.807) is 0 Å². The summed E-state index contributed by atoms with van der Waals surface area (Å²) in [6.45, 7) is 8.22. The first kappa shape index (κ1) is 21.7. The Morgan fingerprint density at radius 1 is 1.17 bits per heavy atom. The van der Waals surface area contributed by atoms with Gasteiger partial charge in [0.05, 0.1) is 17.3 Å². The van der Waals surface area contributed by atoms with Crippen LogP contribution >= 0.6 is 0 Å². The van der Waals surface area contributed by atoms with Gasteiger partial charge < -0.3 is 14.8 Å². The van der Waals surface area contributed by atoms with E-state index in [1.807, 2.05) is 12.1 Å². The zero-order valence-electron chi connectivity index (χ0n) is 18.3. The van der Waals surface area contributed by atoms with Crippen molar-refractivity contribution in [2.45, 2.75) is 76.2 Å². The van der Waals surface area contributed by atoms with Crippen LogP contribution in [0.15, 0.2) is 24.3 Å². The average Bonchev–Trinajstić information content (AvgIpc) is 3.12. The summed E-state index contributed by atoms with van der Waals surface area (Å²) in [6.07, 6.45) is 5.82. The topological polar surface area (TPSA) is 50.8 Å². The van der Waals surface area contributed by atoms with Crippen LogP contribution < -0.4 is 5.32 Å². The molecule has 0 aromatic heterocycles. The van der Waals surface area contributed by atoms with Crippen molar-refractivity contribution in [2.24, 2.45) is 5.92 Å². The number of likely N-dealkylation sites (tertiary alicyclic amines) is 1.